The van der Waals surface area contributed by atoms with E-state index in [0.29, 0.717) is 6.04 Å². The Hall–Kier alpha value is -0.860. The molecule has 0 amide bonds. The highest BCUT2D eigenvalue weighted by Gasteiger charge is 2.55. The molecule has 0 aromatic heterocycles. The van der Waals surface area contributed by atoms with E-state index in [1.165, 1.54) is 30.4 Å². The normalized spacial score (nSPS) is 31.3. The summed E-state index contributed by atoms with van der Waals surface area (Å²) in [5.74, 6) is 0. The van der Waals surface area contributed by atoms with Gasteiger partial charge in [0, 0.05) is 13.0 Å². The van der Waals surface area contributed by atoms with E-state index >= 15 is 0 Å². The summed E-state index contributed by atoms with van der Waals surface area (Å²) in [7, 11) is 0. The molecule has 0 unspecified atom stereocenters. The number of rotatable bonds is 0. The SMILES string of the molecule is c1ccc2c(c1)CCN1OC3(CC3)C[C@H]21. The molecule has 2 fully saturated rings. The minimum atomic E-state index is 0.252. The van der Waals surface area contributed by atoms with Crippen molar-refractivity contribution in [2.24, 2.45) is 0 Å². The van der Waals surface area contributed by atoms with Crippen molar-refractivity contribution in [2.45, 2.75) is 37.3 Å². The van der Waals surface area contributed by atoms with E-state index in [1.807, 2.05) is 0 Å². The van der Waals surface area contributed by atoms with Gasteiger partial charge in [0.2, 0.25) is 0 Å². The highest BCUT2D eigenvalue weighted by molar-refractivity contribution is 5.33. The standard InChI is InChI=1S/C13H15NO/c1-2-4-11-10(3-1)5-8-14-12(11)9-13(15-14)6-7-13/h1-4,12H,5-9H2/t12-/m1/s1. The van der Waals surface area contributed by atoms with Crippen molar-refractivity contribution in [1.29, 1.82) is 0 Å². The quantitative estimate of drug-likeness (QED) is 0.639. The summed E-state index contributed by atoms with van der Waals surface area (Å²) in [6, 6.07) is 9.39. The Morgan fingerprint density at radius 2 is 2.13 bits per heavy atom. The predicted octanol–water partition coefficient (Wildman–Crippen LogP) is 2.45. The largest absolute Gasteiger partial charge is 0.292 e. The molecule has 0 N–H and O–H groups in total. The lowest BCUT2D eigenvalue weighted by molar-refractivity contribution is -0.175. The fourth-order valence-corrected chi connectivity index (χ4v) is 3.02. The van der Waals surface area contributed by atoms with Gasteiger partial charge in [0.15, 0.2) is 0 Å². The summed E-state index contributed by atoms with van der Waals surface area (Å²) in [5, 5.41) is 2.23. The van der Waals surface area contributed by atoms with Crippen molar-refractivity contribution < 1.29 is 4.84 Å². The highest BCUT2D eigenvalue weighted by atomic mass is 16.7. The van der Waals surface area contributed by atoms with Crippen LogP contribution in [0.1, 0.15) is 36.4 Å². The van der Waals surface area contributed by atoms with Gasteiger partial charge in [-0.2, -0.15) is 5.06 Å². The minimum absolute atomic E-state index is 0.252. The van der Waals surface area contributed by atoms with E-state index in [4.69, 9.17) is 4.84 Å². The first-order chi connectivity index (χ1) is 7.36. The molecule has 4 rings (SSSR count). The topological polar surface area (TPSA) is 12.5 Å². The predicted molar refractivity (Wildman–Crippen MR) is 57.3 cm³/mol. The summed E-state index contributed by atoms with van der Waals surface area (Å²) in [5.41, 5.74) is 3.29. The maximum Gasteiger partial charge on any atom is 0.0921 e. The van der Waals surface area contributed by atoms with Crippen LogP contribution in [0.25, 0.3) is 0 Å². The van der Waals surface area contributed by atoms with Crippen LogP contribution < -0.4 is 0 Å². The zero-order valence-electron chi connectivity index (χ0n) is 8.78. The Bertz CT molecular complexity index is 411. The molecule has 1 saturated carbocycles. The number of hydrogen-bond acceptors (Lipinski definition) is 2. The molecule has 0 radical (unpaired) electrons. The van der Waals surface area contributed by atoms with E-state index in [0.717, 1.165) is 13.0 Å². The van der Waals surface area contributed by atoms with Crippen LogP contribution in [-0.4, -0.2) is 17.2 Å². The minimum Gasteiger partial charge on any atom is -0.292 e. The van der Waals surface area contributed by atoms with E-state index in [1.54, 1.807) is 0 Å². The van der Waals surface area contributed by atoms with Crippen LogP contribution in [0.15, 0.2) is 24.3 Å². The summed E-state index contributed by atoms with van der Waals surface area (Å²) >= 11 is 0. The maximum absolute atomic E-state index is 6.05. The van der Waals surface area contributed by atoms with Crippen molar-refractivity contribution in [2.75, 3.05) is 6.54 Å². The molecular formula is C13H15NO. The molecule has 1 aliphatic carbocycles. The summed E-state index contributed by atoms with van der Waals surface area (Å²) < 4.78 is 0. The van der Waals surface area contributed by atoms with Gasteiger partial charge >= 0.3 is 0 Å². The smallest absolute Gasteiger partial charge is 0.0921 e. The fraction of sp³-hybridized carbons (Fsp3) is 0.538. The third kappa shape index (κ3) is 1.12. The van der Waals surface area contributed by atoms with Gasteiger partial charge in [-0.05, 0) is 30.4 Å². The molecule has 2 heteroatoms. The van der Waals surface area contributed by atoms with Gasteiger partial charge in [-0.15, -0.1) is 0 Å². The monoisotopic (exact) mass is 201 g/mol. The summed E-state index contributed by atoms with van der Waals surface area (Å²) in [6.07, 6.45) is 4.89. The van der Waals surface area contributed by atoms with Crippen molar-refractivity contribution >= 4 is 0 Å². The molecule has 1 atom stereocenters. The van der Waals surface area contributed by atoms with Gasteiger partial charge in [-0.25, -0.2) is 0 Å². The van der Waals surface area contributed by atoms with Crippen molar-refractivity contribution in [3.63, 3.8) is 0 Å². The van der Waals surface area contributed by atoms with Crippen LogP contribution >= 0.6 is 0 Å². The molecule has 0 bridgehead atoms. The van der Waals surface area contributed by atoms with E-state index in [-0.39, 0.29) is 5.60 Å². The first kappa shape index (κ1) is 8.31. The number of hydroxylamine groups is 2. The molecular weight excluding hydrogens is 186 g/mol. The third-order valence-electron chi connectivity index (χ3n) is 4.05. The molecule has 2 aliphatic heterocycles. The maximum atomic E-state index is 6.05. The van der Waals surface area contributed by atoms with Gasteiger partial charge < -0.3 is 0 Å². The third-order valence-corrected chi connectivity index (χ3v) is 4.05. The molecule has 15 heavy (non-hydrogen) atoms. The van der Waals surface area contributed by atoms with Crippen LogP contribution in [0.2, 0.25) is 0 Å². The summed E-state index contributed by atoms with van der Waals surface area (Å²) in [6.45, 7) is 1.07. The first-order valence-corrected chi connectivity index (χ1v) is 5.90. The molecule has 1 spiro atoms. The summed E-state index contributed by atoms with van der Waals surface area (Å²) in [4.78, 5) is 6.05. The lowest BCUT2D eigenvalue weighted by atomic mass is 9.91. The Labute approximate surface area is 89.8 Å². The highest BCUT2D eigenvalue weighted by Crippen LogP contribution is 2.55. The number of nitrogens with zero attached hydrogens (tertiary/aromatic N) is 1. The van der Waals surface area contributed by atoms with Crippen molar-refractivity contribution in [1.82, 2.24) is 5.06 Å². The molecule has 1 aromatic carbocycles. The average Bonchev–Trinajstić information content (AvgIpc) is 2.90. The molecule has 1 saturated heterocycles. The number of fused-ring (bicyclic) bond motifs is 3. The Morgan fingerprint density at radius 1 is 1.27 bits per heavy atom. The molecule has 78 valence electrons. The average molecular weight is 201 g/mol. The van der Waals surface area contributed by atoms with Gasteiger partial charge in [0.25, 0.3) is 0 Å². The van der Waals surface area contributed by atoms with E-state index in [2.05, 4.69) is 29.3 Å². The van der Waals surface area contributed by atoms with Crippen LogP contribution in [0.4, 0.5) is 0 Å². The van der Waals surface area contributed by atoms with Gasteiger partial charge in [-0.3, -0.25) is 4.84 Å². The van der Waals surface area contributed by atoms with Crippen molar-refractivity contribution in [3.8, 4) is 0 Å². The second kappa shape index (κ2) is 2.63. The van der Waals surface area contributed by atoms with Gasteiger partial charge in [-0.1, -0.05) is 24.3 Å². The van der Waals surface area contributed by atoms with E-state index < -0.39 is 0 Å². The van der Waals surface area contributed by atoms with Gasteiger partial charge in [0.05, 0.1) is 11.6 Å². The fourth-order valence-electron chi connectivity index (χ4n) is 3.02. The van der Waals surface area contributed by atoms with Crippen LogP contribution in [0, 0.1) is 0 Å². The zero-order chi connectivity index (χ0) is 9.88. The zero-order valence-corrected chi connectivity index (χ0v) is 8.78. The number of hydrogen-bond donors (Lipinski definition) is 0. The van der Waals surface area contributed by atoms with Crippen LogP contribution in [-0.2, 0) is 11.3 Å². The second-order valence-electron chi connectivity index (χ2n) is 5.08. The Balaban J connectivity index is 1.77. The van der Waals surface area contributed by atoms with Crippen molar-refractivity contribution in [3.05, 3.63) is 35.4 Å². The first-order valence-electron chi connectivity index (χ1n) is 5.90. The molecule has 3 aliphatic rings. The molecule has 1 aromatic rings. The second-order valence-corrected chi connectivity index (χ2v) is 5.08. The molecule has 2 nitrogen and oxygen atoms in total. The Kier molecular flexibility index (Phi) is 1.46. The lowest BCUT2D eigenvalue weighted by Crippen LogP contribution is -2.30. The number of benzene rings is 1. The van der Waals surface area contributed by atoms with Gasteiger partial charge in [0.1, 0.15) is 0 Å². The molecule has 2 heterocycles. The lowest BCUT2D eigenvalue weighted by Gasteiger charge is -2.29. The Morgan fingerprint density at radius 3 is 3.00 bits per heavy atom. The van der Waals surface area contributed by atoms with E-state index in [9.17, 15) is 0 Å². The van der Waals surface area contributed by atoms with Crippen LogP contribution in [0.3, 0.4) is 0 Å². The van der Waals surface area contributed by atoms with Crippen LogP contribution in [0.5, 0.6) is 0 Å².